The third-order valence-corrected chi connectivity index (χ3v) is 1.33. The minimum atomic E-state index is -1.09. The summed E-state index contributed by atoms with van der Waals surface area (Å²) < 4.78 is 0. The van der Waals surface area contributed by atoms with Gasteiger partial charge < -0.3 is 5.11 Å². The van der Waals surface area contributed by atoms with Gasteiger partial charge in [-0.15, -0.1) is 37.2 Å². The van der Waals surface area contributed by atoms with Crippen molar-refractivity contribution in [1.82, 2.24) is 0 Å². The van der Waals surface area contributed by atoms with E-state index in [1.54, 1.807) is 0 Å². The number of hydrogen-bond acceptors (Lipinski definition) is 3. The largest absolute Gasteiger partial charge is 0.478 e. The van der Waals surface area contributed by atoms with E-state index in [0.717, 1.165) is 12.1 Å². The number of rotatable bonds is 2. The summed E-state index contributed by atoms with van der Waals surface area (Å²) in [6.45, 7) is 0. The van der Waals surface area contributed by atoms with Crippen molar-refractivity contribution < 1.29 is 14.8 Å². The molecule has 0 heterocycles. The van der Waals surface area contributed by atoms with Gasteiger partial charge in [0.05, 0.1) is 10.5 Å². The maximum absolute atomic E-state index is 10.3. The van der Waals surface area contributed by atoms with Crippen LogP contribution in [0.25, 0.3) is 0 Å². The van der Waals surface area contributed by atoms with Gasteiger partial charge in [-0.2, -0.15) is 0 Å². The summed E-state index contributed by atoms with van der Waals surface area (Å²) in [5.74, 6) is -1.09. The predicted molar refractivity (Wildman–Crippen MR) is 61.8 cm³/mol. The molecular weight excluding hydrogens is 268 g/mol. The van der Waals surface area contributed by atoms with E-state index in [1.165, 1.54) is 12.1 Å². The van der Waals surface area contributed by atoms with Gasteiger partial charge in [-0.3, -0.25) is 10.1 Å². The first kappa shape index (κ1) is 19.5. The normalized spacial score (nSPS) is 7.47. The van der Waals surface area contributed by atoms with E-state index in [1.807, 2.05) is 0 Å². The second-order valence-electron chi connectivity index (χ2n) is 2.11. The minimum Gasteiger partial charge on any atom is -0.478 e. The van der Waals surface area contributed by atoms with Crippen LogP contribution in [-0.2, 0) is 0 Å². The molecule has 0 saturated heterocycles. The number of carboxylic acid groups (broad SMARTS) is 1. The summed E-state index contributed by atoms with van der Waals surface area (Å²) in [5, 5.41) is 18.6. The minimum absolute atomic E-state index is 0. The molecule has 1 aromatic carbocycles. The van der Waals surface area contributed by atoms with Crippen LogP contribution in [0.2, 0.25) is 0 Å². The number of halogens is 3. The van der Waals surface area contributed by atoms with Crippen LogP contribution in [0.15, 0.2) is 24.3 Å². The molecule has 1 rings (SSSR count). The fraction of sp³-hybridized carbons (Fsp3) is 0. The number of carbonyl (C=O) groups is 1. The summed E-state index contributed by atoms with van der Waals surface area (Å²) in [7, 11) is 0. The van der Waals surface area contributed by atoms with Crippen LogP contribution in [-0.4, -0.2) is 16.0 Å². The van der Waals surface area contributed by atoms with Crippen molar-refractivity contribution in [3.8, 4) is 0 Å². The van der Waals surface area contributed by atoms with E-state index < -0.39 is 10.9 Å². The van der Waals surface area contributed by atoms with Crippen LogP contribution in [0.1, 0.15) is 10.4 Å². The first-order valence-electron chi connectivity index (χ1n) is 3.09. The average molecular weight is 277 g/mol. The second kappa shape index (κ2) is 8.28. The molecule has 0 radical (unpaired) electrons. The topological polar surface area (TPSA) is 80.4 Å². The number of nitro benzene ring substituents is 1. The number of benzene rings is 1. The molecule has 0 aromatic heterocycles. The Morgan fingerprint density at radius 1 is 1.13 bits per heavy atom. The SMILES string of the molecule is Cl.Cl.Cl.O=C(O)c1ccc([N+](=O)[O-])cc1. The highest BCUT2D eigenvalue weighted by molar-refractivity contribution is 5.87. The predicted octanol–water partition coefficient (Wildman–Crippen LogP) is 2.56. The van der Waals surface area contributed by atoms with E-state index in [-0.39, 0.29) is 48.5 Å². The molecule has 0 unspecified atom stereocenters. The zero-order chi connectivity index (χ0) is 9.14. The monoisotopic (exact) mass is 275 g/mol. The lowest BCUT2D eigenvalue weighted by Crippen LogP contribution is -1.96. The Labute approximate surface area is 104 Å². The Morgan fingerprint density at radius 2 is 1.53 bits per heavy atom. The third-order valence-electron chi connectivity index (χ3n) is 1.33. The molecule has 0 amide bonds. The zero-order valence-electron chi connectivity index (χ0n) is 7.15. The molecule has 0 bridgehead atoms. The Balaban J connectivity index is -0.000000480. The number of nitro groups is 1. The molecular formula is C7H8Cl3NO4. The van der Waals surface area contributed by atoms with Gasteiger partial charge in [0.1, 0.15) is 0 Å². The van der Waals surface area contributed by atoms with Gasteiger partial charge in [0, 0.05) is 12.1 Å². The van der Waals surface area contributed by atoms with Crippen molar-refractivity contribution in [1.29, 1.82) is 0 Å². The number of hydrogen-bond donors (Lipinski definition) is 1. The second-order valence-corrected chi connectivity index (χ2v) is 2.11. The molecule has 0 spiro atoms. The quantitative estimate of drug-likeness (QED) is 0.665. The first-order valence-corrected chi connectivity index (χ1v) is 3.09. The van der Waals surface area contributed by atoms with E-state index in [9.17, 15) is 14.9 Å². The molecule has 1 aromatic rings. The summed E-state index contributed by atoms with van der Waals surface area (Å²) >= 11 is 0. The van der Waals surface area contributed by atoms with Crippen molar-refractivity contribution in [2.45, 2.75) is 0 Å². The van der Waals surface area contributed by atoms with Gasteiger partial charge >= 0.3 is 5.97 Å². The number of nitrogens with zero attached hydrogens (tertiary/aromatic N) is 1. The molecule has 0 fully saturated rings. The number of aromatic carboxylic acids is 1. The van der Waals surface area contributed by atoms with Gasteiger partial charge in [-0.25, -0.2) is 4.79 Å². The molecule has 86 valence electrons. The third kappa shape index (κ3) is 5.41. The van der Waals surface area contributed by atoms with Crippen molar-refractivity contribution in [3.63, 3.8) is 0 Å². The molecule has 0 aliphatic carbocycles. The van der Waals surface area contributed by atoms with Gasteiger partial charge in [-0.05, 0) is 12.1 Å². The fourth-order valence-electron chi connectivity index (χ4n) is 0.726. The molecule has 8 heteroatoms. The maximum Gasteiger partial charge on any atom is 0.335 e. The molecule has 15 heavy (non-hydrogen) atoms. The highest BCUT2D eigenvalue weighted by atomic mass is 35.5. The lowest BCUT2D eigenvalue weighted by Gasteiger charge is -1.92. The Bertz CT molecular complexity index is 295. The van der Waals surface area contributed by atoms with Crippen LogP contribution in [0.3, 0.4) is 0 Å². The van der Waals surface area contributed by atoms with Crippen LogP contribution in [0.4, 0.5) is 5.69 Å². The lowest BCUT2D eigenvalue weighted by molar-refractivity contribution is -0.384. The average Bonchev–Trinajstić information content (AvgIpc) is 2.04. The highest BCUT2D eigenvalue weighted by Gasteiger charge is 2.06. The molecule has 0 aliphatic heterocycles. The van der Waals surface area contributed by atoms with Gasteiger partial charge in [0.25, 0.3) is 5.69 Å². The Hall–Kier alpha value is -1.04. The lowest BCUT2D eigenvalue weighted by atomic mass is 10.2. The van der Waals surface area contributed by atoms with E-state index in [0.29, 0.717) is 0 Å². The molecule has 0 atom stereocenters. The van der Waals surface area contributed by atoms with Crippen LogP contribution >= 0.6 is 37.2 Å². The first-order chi connectivity index (χ1) is 5.61. The molecule has 5 nitrogen and oxygen atoms in total. The molecule has 1 N–H and O–H groups in total. The van der Waals surface area contributed by atoms with E-state index >= 15 is 0 Å². The zero-order valence-corrected chi connectivity index (χ0v) is 9.60. The molecule has 0 aliphatic rings. The summed E-state index contributed by atoms with van der Waals surface area (Å²) in [5.41, 5.74) is -0.0689. The number of non-ortho nitro benzene ring substituents is 1. The smallest absolute Gasteiger partial charge is 0.335 e. The van der Waals surface area contributed by atoms with E-state index in [4.69, 9.17) is 5.11 Å². The van der Waals surface area contributed by atoms with Crippen LogP contribution in [0, 0.1) is 10.1 Å². The van der Waals surface area contributed by atoms with Crippen molar-refractivity contribution in [2.75, 3.05) is 0 Å². The fourth-order valence-corrected chi connectivity index (χ4v) is 0.726. The molecule has 0 saturated carbocycles. The summed E-state index contributed by atoms with van der Waals surface area (Å²) in [6.07, 6.45) is 0. The Morgan fingerprint density at radius 3 is 1.80 bits per heavy atom. The highest BCUT2D eigenvalue weighted by Crippen LogP contribution is 2.11. The van der Waals surface area contributed by atoms with Crippen LogP contribution < -0.4 is 0 Å². The van der Waals surface area contributed by atoms with Crippen molar-refractivity contribution in [3.05, 3.63) is 39.9 Å². The standard InChI is InChI=1S/C7H5NO4.3ClH/c9-7(10)5-1-3-6(4-2-5)8(11)12;;;/h1-4H,(H,9,10);3*1H. The summed E-state index contributed by atoms with van der Waals surface area (Å²) in [4.78, 5) is 19.9. The van der Waals surface area contributed by atoms with Crippen molar-refractivity contribution >= 4 is 48.9 Å². The Kier molecular flexibility index (Phi) is 10.8. The van der Waals surface area contributed by atoms with Crippen molar-refractivity contribution in [2.24, 2.45) is 0 Å². The van der Waals surface area contributed by atoms with E-state index in [2.05, 4.69) is 0 Å². The van der Waals surface area contributed by atoms with Gasteiger partial charge in [-0.1, -0.05) is 0 Å². The maximum atomic E-state index is 10.3. The van der Waals surface area contributed by atoms with Crippen LogP contribution in [0.5, 0.6) is 0 Å². The summed E-state index contributed by atoms with van der Waals surface area (Å²) in [6, 6.07) is 4.70. The number of carboxylic acids is 1. The van der Waals surface area contributed by atoms with Gasteiger partial charge in [0.15, 0.2) is 0 Å². The van der Waals surface area contributed by atoms with Gasteiger partial charge in [0.2, 0.25) is 0 Å².